The van der Waals surface area contributed by atoms with Gasteiger partial charge in [-0.1, -0.05) is 0 Å². The molecular weight excluding hydrogens is 1280 g/mol. The molecule has 62 heteroatoms. The minimum atomic E-state index is -1.83. The molecule has 82 heavy (non-hydrogen) atoms. The Bertz CT molecular complexity index is 1060. The van der Waals surface area contributed by atoms with Crippen LogP contribution in [0.1, 0.15) is 0 Å². The van der Waals surface area contributed by atoms with Crippen molar-refractivity contribution in [3.05, 3.63) is 0 Å². The van der Waals surface area contributed by atoms with E-state index in [9.17, 15) is 0 Å². The monoisotopic (exact) mass is 1320 g/mol. The molecule has 0 bridgehead atoms. The van der Waals surface area contributed by atoms with Crippen LogP contribution in [-0.4, -0.2) is 403 Å². The van der Waals surface area contributed by atoms with E-state index < -0.39 is 123 Å². The van der Waals surface area contributed by atoms with Crippen LogP contribution in [0.3, 0.4) is 0 Å². The normalized spacial score (nSPS) is 5.85. The number of hydrogen-bond acceptors (Lipinski definition) is 20. The molecule has 0 heterocycles. The Morgan fingerprint density at radius 2 is 0.0854 bits per heavy atom. The van der Waals surface area contributed by atoms with Gasteiger partial charge < -0.3 is 204 Å². The second-order valence-corrected chi connectivity index (χ2v) is 5.65. The Kier molecular flexibility index (Phi) is 244. The van der Waals surface area contributed by atoms with Gasteiger partial charge in [0.25, 0.3) is 0 Å². The van der Waals surface area contributed by atoms with Crippen molar-refractivity contribution < 1.29 is 300 Å². The molecule has 0 amide bonds. The molecule has 0 fully saturated rings. The van der Waals surface area contributed by atoms with Crippen molar-refractivity contribution in [3.8, 4) is 0 Å². The van der Waals surface area contributed by atoms with Gasteiger partial charge >= 0.3 is 199 Å². The topological polar surface area (TPSA) is 1150 Å². The van der Waals surface area contributed by atoms with E-state index in [0.717, 1.165) is 0 Å². The Morgan fingerprint density at radius 3 is 0.0854 bits per heavy atom. The van der Waals surface area contributed by atoms with Crippen LogP contribution < -0.4 is 0 Å². The Hall–Kier alpha value is -12.1. The van der Waals surface area contributed by atoms with E-state index in [1.165, 1.54) is 0 Å². The molecule has 40 N–H and O–H groups in total. The maximum atomic E-state index is 8.56. The quantitative estimate of drug-likeness (QED) is 0.155. The van der Waals surface area contributed by atoms with Gasteiger partial charge in [0.05, 0.1) is 0 Å². The van der Waals surface area contributed by atoms with Crippen LogP contribution >= 0.6 is 0 Å². The number of rotatable bonds is 0. The van der Waals surface area contributed by atoms with Gasteiger partial charge in [0.1, 0.15) is 0 Å². The summed E-state index contributed by atoms with van der Waals surface area (Å²) in [6, 6.07) is 0. The van der Waals surface area contributed by atoms with Crippen LogP contribution in [0, 0.1) is 0 Å². The fourth-order valence-corrected chi connectivity index (χ4v) is 0. The summed E-state index contributed by atoms with van der Waals surface area (Å²) in [7, 11) is 0. The summed E-state index contributed by atoms with van der Waals surface area (Å²) in [5.74, 6) is 0. The summed E-state index contributed by atoms with van der Waals surface area (Å²) < 4.78 is 0. The van der Waals surface area contributed by atoms with E-state index >= 15 is 0 Å². The molecule has 0 spiro atoms. The Balaban J connectivity index is -0.0000000231. The first kappa shape index (κ1) is 145. The first-order valence-electron chi connectivity index (χ1n) is 13.0. The summed E-state index contributed by atoms with van der Waals surface area (Å²) in [6.45, 7) is 0. The predicted octanol–water partition coefficient (Wildman–Crippen LogP) is 2.62. The molecule has 0 saturated heterocycles. The molecule has 0 aromatic rings. The first-order chi connectivity index (χ1) is 34.6. The summed E-state index contributed by atoms with van der Waals surface area (Å²) in [4.78, 5) is 171. The molecule has 60 nitrogen and oxygen atoms in total. The van der Waals surface area contributed by atoms with Crippen LogP contribution in [0.4, 0.5) is 95.9 Å². The van der Waals surface area contributed by atoms with Crippen LogP contribution in [0.5, 0.6) is 0 Å². The average Bonchev–Trinajstić information content (AvgIpc) is 2.99. The molecule has 488 valence electrons. The van der Waals surface area contributed by atoms with Gasteiger partial charge in [0.2, 0.25) is 0 Å². The second-order valence-electron chi connectivity index (χ2n) is 5.65. The predicted molar refractivity (Wildman–Crippen MR) is 230 cm³/mol. The average molecular weight is 1320 g/mol. The van der Waals surface area contributed by atoms with Crippen LogP contribution in [0.25, 0.3) is 0 Å². The van der Waals surface area contributed by atoms with Gasteiger partial charge in [0, 0.05) is 0 Å². The Labute approximate surface area is 496 Å². The van der Waals surface area contributed by atoms with Crippen molar-refractivity contribution in [2.24, 2.45) is 0 Å². The maximum absolute atomic E-state index is 8.56. The SMILES string of the molecule is O=C(O)O.O=C(O)O.O=C(O)O.O=C(O)O.O=C(O)O.O=C(O)O.O=C(O)O.O=C(O)O.O=C(O)O.O=C(O)O.O=C(O)O.O=C(O)O.O=C(O)O.O=C(O)O.O=C(O)O.O=C(O)O.O=C(O)O.O=C(O)O.O=C(O)O.O=C(O)O.[CaH2].[CaH2]. The summed E-state index contributed by atoms with van der Waals surface area (Å²) >= 11 is 0. The van der Waals surface area contributed by atoms with Crippen molar-refractivity contribution in [1.82, 2.24) is 0 Å². The molecule has 0 aliphatic rings. The third-order valence-corrected chi connectivity index (χ3v) is 0. The number of carbonyl (C=O) groups is 20. The van der Waals surface area contributed by atoms with Crippen molar-refractivity contribution in [3.63, 3.8) is 0 Å². The van der Waals surface area contributed by atoms with Gasteiger partial charge in [-0.3, -0.25) is 0 Å². The molecule has 0 aromatic heterocycles. The fourth-order valence-electron chi connectivity index (χ4n) is 0. The molecular formula is C20H44Ca2O60. The fraction of sp³-hybridized carbons (Fsp3) is 0. The van der Waals surface area contributed by atoms with Crippen LogP contribution in [-0.2, 0) is 0 Å². The van der Waals surface area contributed by atoms with Gasteiger partial charge in [-0.05, 0) is 0 Å². The van der Waals surface area contributed by atoms with Gasteiger partial charge in [0.15, 0.2) is 0 Å². The zero-order valence-electron chi connectivity index (χ0n) is 36.1. The van der Waals surface area contributed by atoms with E-state index in [1.807, 2.05) is 0 Å². The van der Waals surface area contributed by atoms with Crippen LogP contribution in [0.2, 0.25) is 0 Å². The van der Waals surface area contributed by atoms with Gasteiger partial charge in [-0.25, -0.2) is 95.9 Å². The molecule has 0 saturated carbocycles. The van der Waals surface area contributed by atoms with Crippen molar-refractivity contribution >= 4 is 199 Å². The van der Waals surface area contributed by atoms with Crippen molar-refractivity contribution in [2.45, 2.75) is 0 Å². The molecule has 0 atom stereocenters. The zero-order valence-corrected chi connectivity index (χ0v) is 36.1. The van der Waals surface area contributed by atoms with E-state index in [4.69, 9.17) is 300 Å². The van der Waals surface area contributed by atoms with E-state index in [0.29, 0.717) is 0 Å². The summed E-state index contributed by atoms with van der Waals surface area (Å²) in [5, 5.41) is 279. The van der Waals surface area contributed by atoms with E-state index in [2.05, 4.69) is 0 Å². The first-order valence-corrected chi connectivity index (χ1v) is 13.0. The molecule has 0 radical (unpaired) electrons. The number of carboxylic acid groups (broad SMARTS) is 40. The van der Waals surface area contributed by atoms with Crippen molar-refractivity contribution in [1.29, 1.82) is 0 Å². The number of hydrogen-bond donors (Lipinski definition) is 40. The summed E-state index contributed by atoms with van der Waals surface area (Å²) in [6.07, 6.45) is -36.7. The molecule has 0 aromatic carbocycles. The Morgan fingerprint density at radius 1 is 0.0854 bits per heavy atom. The molecule has 0 aliphatic carbocycles. The van der Waals surface area contributed by atoms with Gasteiger partial charge in [-0.15, -0.1) is 0 Å². The molecule has 0 aliphatic heterocycles. The third-order valence-electron chi connectivity index (χ3n) is 0. The second kappa shape index (κ2) is 138. The van der Waals surface area contributed by atoms with Gasteiger partial charge in [-0.2, -0.15) is 0 Å². The standard InChI is InChI=1S/20CH2O3.2Ca.4H/c20*2-1(3)4;;;;;;/h20*(H2,2,3,4);;;;;;. The van der Waals surface area contributed by atoms with Crippen LogP contribution in [0.15, 0.2) is 0 Å². The van der Waals surface area contributed by atoms with E-state index in [1.54, 1.807) is 0 Å². The molecule has 0 unspecified atom stereocenters. The third kappa shape index (κ3) is 2080. The zero-order chi connectivity index (χ0) is 71.5. The molecule has 0 rings (SSSR count). The minimum absolute atomic E-state index is 0. The summed E-state index contributed by atoms with van der Waals surface area (Å²) in [5.41, 5.74) is 0. The van der Waals surface area contributed by atoms with E-state index in [-0.39, 0.29) is 75.5 Å². The van der Waals surface area contributed by atoms with Crippen molar-refractivity contribution in [2.75, 3.05) is 0 Å².